The zero-order chi connectivity index (χ0) is 20.3. The Morgan fingerprint density at radius 3 is 2.75 bits per heavy atom. The van der Waals surface area contributed by atoms with Gasteiger partial charge >= 0.3 is 6.09 Å². The van der Waals surface area contributed by atoms with Gasteiger partial charge in [0.15, 0.2) is 0 Å². The molecule has 3 aromatic rings. The van der Waals surface area contributed by atoms with Crippen molar-refractivity contribution in [2.45, 2.75) is 38.8 Å². The number of nitrogens with one attached hydrogen (secondary N) is 1. The summed E-state index contributed by atoms with van der Waals surface area (Å²) < 4.78 is 6.74. The molecule has 28 heavy (non-hydrogen) atoms. The van der Waals surface area contributed by atoms with Gasteiger partial charge in [-0.25, -0.2) is 4.79 Å². The summed E-state index contributed by atoms with van der Waals surface area (Å²) in [7, 11) is 0. The number of ether oxygens (including phenoxy) is 1. The molecule has 148 valence electrons. The van der Waals surface area contributed by atoms with E-state index in [9.17, 15) is 9.90 Å². The van der Waals surface area contributed by atoms with Crippen LogP contribution in [0.25, 0.3) is 10.9 Å². The summed E-state index contributed by atoms with van der Waals surface area (Å²) in [4.78, 5) is 20.9. The number of benzene rings is 1. The highest BCUT2D eigenvalue weighted by atomic mass is 79.9. The topological polar surface area (TPSA) is 78.5 Å². The lowest BCUT2D eigenvalue weighted by atomic mass is 9.98. The van der Waals surface area contributed by atoms with Crippen LogP contribution in [0.15, 0.2) is 53.4 Å². The van der Waals surface area contributed by atoms with Gasteiger partial charge in [-0.05, 0) is 60.8 Å². The van der Waals surface area contributed by atoms with Crippen molar-refractivity contribution < 1.29 is 14.6 Å². The van der Waals surface area contributed by atoms with E-state index in [2.05, 4.69) is 25.9 Å². The van der Waals surface area contributed by atoms with E-state index < -0.39 is 11.6 Å². The van der Waals surface area contributed by atoms with Crippen molar-refractivity contribution >= 4 is 32.9 Å². The number of aromatic amines is 1. The summed E-state index contributed by atoms with van der Waals surface area (Å²) in [6.07, 6.45) is 4.81. The molecule has 0 aliphatic heterocycles. The molecule has 1 amide bonds. The number of carbonyl (C=O) groups is 1. The van der Waals surface area contributed by atoms with Gasteiger partial charge in [-0.2, -0.15) is 0 Å². The molecular weight excluding hydrogens is 422 g/mol. The minimum atomic E-state index is -0.965. The quantitative estimate of drug-likeness (QED) is 0.553. The average molecular weight is 446 g/mol. The SMILES string of the molecule is CC(C)(C)N(C(=O)O)[C@H](COc1cncc(Br)c1)Cc1c[nH]c2ccccc12. The van der Waals surface area contributed by atoms with E-state index in [1.165, 1.54) is 4.90 Å². The van der Waals surface area contributed by atoms with E-state index in [-0.39, 0.29) is 12.6 Å². The molecule has 0 bridgehead atoms. The number of fused-ring (bicyclic) bond motifs is 1. The Balaban J connectivity index is 1.90. The van der Waals surface area contributed by atoms with Crippen molar-refractivity contribution in [3.8, 4) is 5.75 Å². The molecule has 0 unspecified atom stereocenters. The highest BCUT2D eigenvalue weighted by Crippen LogP contribution is 2.25. The number of hydrogen-bond donors (Lipinski definition) is 2. The number of H-pyrrole nitrogens is 1. The fourth-order valence-electron chi connectivity index (χ4n) is 3.43. The second-order valence-corrected chi connectivity index (χ2v) is 8.61. The van der Waals surface area contributed by atoms with Crippen molar-refractivity contribution in [3.05, 3.63) is 59.0 Å². The Hall–Kier alpha value is -2.54. The number of pyridine rings is 1. The second kappa shape index (κ2) is 8.22. The van der Waals surface area contributed by atoms with Crippen LogP contribution < -0.4 is 4.74 Å². The summed E-state index contributed by atoms with van der Waals surface area (Å²) >= 11 is 3.38. The van der Waals surface area contributed by atoms with E-state index in [0.29, 0.717) is 12.2 Å². The summed E-state index contributed by atoms with van der Waals surface area (Å²) in [5, 5.41) is 11.0. The zero-order valence-electron chi connectivity index (χ0n) is 16.1. The van der Waals surface area contributed by atoms with Crippen LogP contribution >= 0.6 is 15.9 Å². The maximum Gasteiger partial charge on any atom is 0.408 e. The molecule has 0 aliphatic carbocycles. The number of rotatable bonds is 6. The molecule has 0 saturated heterocycles. The van der Waals surface area contributed by atoms with Crippen molar-refractivity contribution in [1.82, 2.24) is 14.9 Å². The first-order valence-electron chi connectivity index (χ1n) is 9.06. The van der Waals surface area contributed by atoms with E-state index in [4.69, 9.17) is 4.74 Å². The standard InChI is InChI=1S/C21H24BrN3O3/c1-21(2,3)25(20(26)27)16(13-28-17-9-15(22)11-23-12-17)8-14-10-24-19-7-5-4-6-18(14)19/h4-7,9-12,16,24H,8,13H2,1-3H3,(H,26,27)/t16-/m0/s1. The van der Waals surface area contributed by atoms with Crippen LogP contribution in [-0.4, -0.2) is 44.3 Å². The number of amides is 1. The first kappa shape index (κ1) is 20.2. The first-order valence-corrected chi connectivity index (χ1v) is 9.85. The molecule has 2 aromatic heterocycles. The van der Waals surface area contributed by atoms with Crippen LogP contribution in [0.5, 0.6) is 5.75 Å². The lowest BCUT2D eigenvalue weighted by Gasteiger charge is -2.39. The fraction of sp³-hybridized carbons (Fsp3) is 0.333. The minimum Gasteiger partial charge on any atom is -0.490 e. The van der Waals surface area contributed by atoms with Gasteiger partial charge in [-0.1, -0.05) is 18.2 Å². The van der Waals surface area contributed by atoms with Gasteiger partial charge in [0.1, 0.15) is 12.4 Å². The molecule has 7 heteroatoms. The number of carboxylic acid groups (broad SMARTS) is 1. The number of hydrogen-bond acceptors (Lipinski definition) is 3. The van der Waals surface area contributed by atoms with Crippen molar-refractivity contribution in [3.63, 3.8) is 0 Å². The molecule has 0 saturated carbocycles. The third-order valence-electron chi connectivity index (χ3n) is 4.55. The van der Waals surface area contributed by atoms with Crippen LogP contribution in [0.3, 0.4) is 0 Å². The van der Waals surface area contributed by atoms with Gasteiger partial charge in [-0.3, -0.25) is 9.88 Å². The highest BCUT2D eigenvalue weighted by Gasteiger charge is 2.34. The molecule has 0 aliphatic rings. The zero-order valence-corrected chi connectivity index (χ0v) is 17.7. The number of nitrogens with zero attached hydrogens (tertiary/aromatic N) is 2. The van der Waals surface area contributed by atoms with Crippen LogP contribution in [-0.2, 0) is 6.42 Å². The molecular formula is C21H24BrN3O3. The van der Waals surface area contributed by atoms with Gasteiger partial charge in [0.2, 0.25) is 0 Å². The van der Waals surface area contributed by atoms with Crippen LogP contribution in [0.2, 0.25) is 0 Å². The van der Waals surface area contributed by atoms with Crippen molar-refractivity contribution in [1.29, 1.82) is 0 Å². The largest absolute Gasteiger partial charge is 0.490 e. The van der Waals surface area contributed by atoms with Gasteiger partial charge < -0.3 is 14.8 Å². The predicted molar refractivity (Wildman–Crippen MR) is 113 cm³/mol. The lowest BCUT2D eigenvalue weighted by molar-refractivity contribution is 0.0513. The predicted octanol–water partition coefficient (Wildman–Crippen LogP) is 5.09. The number of aromatic nitrogens is 2. The van der Waals surface area contributed by atoms with Crippen molar-refractivity contribution in [2.24, 2.45) is 0 Å². The Morgan fingerprint density at radius 2 is 2.07 bits per heavy atom. The van der Waals surface area contributed by atoms with Crippen LogP contribution in [0.4, 0.5) is 4.79 Å². The third kappa shape index (κ3) is 4.65. The molecule has 1 aromatic carbocycles. The Bertz CT molecular complexity index is 965. The third-order valence-corrected chi connectivity index (χ3v) is 4.98. The lowest BCUT2D eigenvalue weighted by Crippen LogP contribution is -2.54. The van der Waals surface area contributed by atoms with Crippen molar-refractivity contribution in [2.75, 3.05) is 6.61 Å². The van der Waals surface area contributed by atoms with Gasteiger partial charge in [0, 0.05) is 33.3 Å². The number of para-hydroxylation sites is 1. The molecule has 6 nitrogen and oxygen atoms in total. The van der Waals surface area contributed by atoms with E-state index in [1.54, 1.807) is 12.4 Å². The summed E-state index contributed by atoms with van der Waals surface area (Å²) in [6.45, 7) is 5.90. The molecule has 0 fully saturated rings. The average Bonchev–Trinajstić information content (AvgIpc) is 3.01. The molecule has 0 spiro atoms. The minimum absolute atomic E-state index is 0.223. The van der Waals surface area contributed by atoms with E-state index in [0.717, 1.165) is 20.9 Å². The molecule has 1 atom stereocenters. The van der Waals surface area contributed by atoms with Gasteiger partial charge in [0.25, 0.3) is 0 Å². The van der Waals surface area contributed by atoms with Gasteiger partial charge in [-0.15, -0.1) is 0 Å². The molecule has 0 radical (unpaired) electrons. The summed E-state index contributed by atoms with van der Waals surface area (Å²) in [5.41, 5.74) is 1.53. The second-order valence-electron chi connectivity index (χ2n) is 7.69. The monoisotopic (exact) mass is 445 g/mol. The summed E-state index contributed by atoms with van der Waals surface area (Å²) in [6, 6.07) is 9.46. The Kier molecular flexibility index (Phi) is 5.93. The maximum absolute atomic E-state index is 12.1. The molecule has 2 heterocycles. The highest BCUT2D eigenvalue weighted by molar-refractivity contribution is 9.10. The molecule has 3 rings (SSSR count). The Morgan fingerprint density at radius 1 is 1.32 bits per heavy atom. The van der Waals surface area contributed by atoms with Gasteiger partial charge in [0.05, 0.1) is 12.2 Å². The first-order chi connectivity index (χ1) is 13.3. The Labute approximate surface area is 172 Å². The fourth-order valence-corrected chi connectivity index (χ4v) is 3.78. The summed E-state index contributed by atoms with van der Waals surface area (Å²) in [5.74, 6) is 0.595. The molecule has 2 N–H and O–H groups in total. The number of halogens is 1. The van der Waals surface area contributed by atoms with E-state index >= 15 is 0 Å². The van der Waals surface area contributed by atoms with Crippen LogP contribution in [0, 0.1) is 0 Å². The van der Waals surface area contributed by atoms with Crippen LogP contribution in [0.1, 0.15) is 26.3 Å². The maximum atomic E-state index is 12.1. The normalized spacial score (nSPS) is 12.7. The van der Waals surface area contributed by atoms with E-state index in [1.807, 2.05) is 57.3 Å². The smallest absolute Gasteiger partial charge is 0.408 e.